The molecule has 0 radical (unpaired) electrons. The Labute approximate surface area is 156 Å². The minimum atomic E-state index is -1.21. The molecule has 2 aromatic rings. The Morgan fingerprint density at radius 3 is 2.46 bits per heavy atom. The molecule has 0 fully saturated rings. The summed E-state index contributed by atoms with van der Waals surface area (Å²) in [4.78, 5) is 31.5. The lowest BCUT2D eigenvalue weighted by Crippen LogP contribution is -2.21. The van der Waals surface area contributed by atoms with Gasteiger partial charge < -0.3 is 15.9 Å². The second-order valence-corrected chi connectivity index (χ2v) is 7.18. The zero-order valence-corrected chi connectivity index (χ0v) is 15.0. The van der Waals surface area contributed by atoms with Gasteiger partial charge in [0.15, 0.2) is 9.78 Å². The molecule has 10 heteroatoms. The molecule has 0 spiro atoms. The Hall–Kier alpha value is -2.85. The number of carboxylic acids is 1. The van der Waals surface area contributed by atoms with E-state index in [1.54, 1.807) is 6.08 Å². The summed E-state index contributed by atoms with van der Waals surface area (Å²) in [6.07, 6.45) is 1.34. The fraction of sp³-hybridized carbons (Fsp3) is 0.188. The van der Waals surface area contributed by atoms with Crippen molar-refractivity contribution in [2.45, 2.75) is 18.9 Å². The molecular formula is C16H14N4O4S2. The molecule has 0 unspecified atom stereocenters. The van der Waals surface area contributed by atoms with Crippen LogP contribution in [0.1, 0.15) is 23.8 Å². The van der Waals surface area contributed by atoms with Gasteiger partial charge in [-0.15, -0.1) is 11.3 Å². The monoisotopic (exact) mass is 390 g/mol. The van der Waals surface area contributed by atoms with Gasteiger partial charge in [-0.3, -0.25) is 9.36 Å². The van der Waals surface area contributed by atoms with Gasteiger partial charge in [-0.1, -0.05) is 12.1 Å². The number of fused-ring (bicyclic) bond motifs is 1. The van der Waals surface area contributed by atoms with Crippen LogP contribution in [0.3, 0.4) is 0 Å². The number of para-hydroxylation sites is 2. The van der Waals surface area contributed by atoms with E-state index >= 15 is 0 Å². The Kier molecular flexibility index (Phi) is 4.96. The number of hydrogen-bond acceptors (Lipinski definition) is 7. The normalized spacial score (nSPS) is 13.5. The Bertz CT molecular complexity index is 1060. The molecule has 8 nitrogen and oxygen atoms in total. The summed E-state index contributed by atoms with van der Waals surface area (Å²) in [5.74, 6) is -1.75. The number of carboxylic acid groups (broad SMARTS) is 1. The minimum absolute atomic E-state index is 0.0700. The first-order valence-corrected chi connectivity index (χ1v) is 8.79. The largest absolute Gasteiger partial charge is 0.493 e. The van der Waals surface area contributed by atoms with Crippen molar-refractivity contribution in [1.82, 2.24) is 4.57 Å². The first-order chi connectivity index (χ1) is 12.4. The van der Waals surface area contributed by atoms with Crippen molar-refractivity contribution in [2.75, 3.05) is 0 Å². The molecule has 1 aliphatic rings. The fourth-order valence-electron chi connectivity index (χ4n) is 2.51. The van der Waals surface area contributed by atoms with E-state index in [4.69, 9.17) is 18.0 Å². The van der Waals surface area contributed by atoms with Crippen LogP contribution < -0.4 is 16.4 Å². The molecular weight excluding hydrogens is 376 g/mol. The zero-order chi connectivity index (χ0) is 18.8. The zero-order valence-electron chi connectivity index (χ0n) is 13.3. The smallest absolute Gasteiger partial charge is 0.326 e. The second kappa shape index (κ2) is 7.18. The molecule has 2 heterocycles. The molecule has 4 N–H and O–H groups in total. The maximum absolute atomic E-state index is 11.5. The summed E-state index contributed by atoms with van der Waals surface area (Å²) in [7, 11) is 0. The Morgan fingerprint density at radius 1 is 1.31 bits per heavy atom. The fourth-order valence-corrected chi connectivity index (χ4v) is 3.85. The maximum atomic E-state index is 11.5. The number of benzene rings is 1. The molecule has 1 atom stereocenters. The summed E-state index contributed by atoms with van der Waals surface area (Å²) in [5.41, 5.74) is 5.09. The van der Waals surface area contributed by atoms with E-state index in [9.17, 15) is 19.8 Å². The number of carbonyl (C=O) groups excluding carboxylic acids is 1. The number of carbonyl (C=O) groups is 2. The lowest BCUT2D eigenvalue weighted by atomic mass is 10.1. The maximum Gasteiger partial charge on any atom is 0.326 e. The Morgan fingerprint density at radius 2 is 1.92 bits per heavy atom. The number of thiazole rings is 1. The van der Waals surface area contributed by atoms with Crippen LogP contribution in [0.5, 0.6) is 5.88 Å². The van der Waals surface area contributed by atoms with Crippen LogP contribution in [-0.2, 0) is 9.59 Å². The number of aromatic hydroxyl groups is 1. The van der Waals surface area contributed by atoms with Gasteiger partial charge in [0.2, 0.25) is 11.8 Å². The molecule has 1 aromatic heterocycles. The van der Waals surface area contributed by atoms with Gasteiger partial charge in [0.25, 0.3) is 0 Å². The van der Waals surface area contributed by atoms with Crippen molar-refractivity contribution in [2.24, 2.45) is 15.7 Å². The van der Waals surface area contributed by atoms with Crippen LogP contribution in [-0.4, -0.2) is 26.7 Å². The molecule has 1 amide bonds. The van der Waals surface area contributed by atoms with Crippen LogP contribution in [0, 0.1) is 3.95 Å². The number of primary amides is 1. The molecule has 1 aliphatic heterocycles. The number of nitrogens with two attached hydrogens (primary N) is 1. The lowest BCUT2D eigenvalue weighted by molar-refractivity contribution is -0.141. The van der Waals surface area contributed by atoms with Crippen molar-refractivity contribution < 1.29 is 19.8 Å². The molecule has 26 heavy (non-hydrogen) atoms. The van der Waals surface area contributed by atoms with Crippen molar-refractivity contribution in [3.8, 4) is 5.88 Å². The third-order valence-electron chi connectivity index (χ3n) is 3.72. The van der Waals surface area contributed by atoms with E-state index in [2.05, 4.69) is 9.98 Å². The SMILES string of the molecule is NC(=O)CC[C@@H](C(=O)O)n1c(O)c(C=C2N=c3ccccc3=N2)sc1=S. The summed E-state index contributed by atoms with van der Waals surface area (Å²) >= 11 is 6.24. The molecule has 0 saturated heterocycles. The average Bonchev–Trinajstić information content (AvgIpc) is 3.09. The van der Waals surface area contributed by atoms with Crippen LogP contribution in [0.2, 0.25) is 0 Å². The molecule has 0 bridgehead atoms. The van der Waals surface area contributed by atoms with Gasteiger partial charge in [0.1, 0.15) is 6.04 Å². The van der Waals surface area contributed by atoms with Gasteiger partial charge in [0.05, 0.1) is 15.6 Å². The predicted molar refractivity (Wildman–Crippen MR) is 96.6 cm³/mol. The van der Waals surface area contributed by atoms with E-state index in [1.165, 1.54) is 0 Å². The topological polar surface area (TPSA) is 130 Å². The van der Waals surface area contributed by atoms with E-state index in [1.807, 2.05) is 24.3 Å². The number of aromatic nitrogens is 1. The highest BCUT2D eigenvalue weighted by Crippen LogP contribution is 2.33. The second-order valence-electron chi connectivity index (χ2n) is 5.50. The van der Waals surface area contributed by atoms with Crippen LogP contribution >= 0.6 is 23.6 Å². The highest BCUT2D eigenvalue weighted by Gasteiger charge is 2.26. The average molecular weight is 390 g/mol. The number of nitrogens with zero attached hydrogens (tertiary/aromatic N) is 3. The van der Waals surface area contributed by atoms with Gasteiger partial charge in [-0.2, -0.15) is 0 Å². The minimum Gasteiger partial charge on any atom is -0.493 e. The summed E-state index contributed by atoms with van der Waals surface area (Å²) in [5, 5.41) is 21.3. The third-order valence-corrected chi connectivity index (χ3v) is 5.05. The summed E-state index contributed by atoms with van der Waals surface area (Å²) < 4.78 is 1.28. The van der Waals surface area contributed by atoms with Crippen LogP contribution in [0.25, 0.3) is 6.08 Å². The van der Waals surface area contributed by atoms with Gasteiger partial charge in [-0.05, 0) is 30.8 Å². The van der Waals surface area contributed by atoms with Gasteiger partial charge >= 0.3 is 5.97 Å². The van der Waals surface area contributed by atoms with E-state index in [0.717, 1.165) is 15.9 Å². The van der Waals surface area contributed by atoms with Crippen molar-refractivity contribution in [3.05, 3.63) is 49.6 Å². The van der Waals surface area contributed by atoms with Crippen LogP contribution in [0.4, 0.5) is 0 Å². The molecule has 0 saturated carbocycles. The standard InChI is InChI=1S/C16H14N4O4S2/c17-12(21)6-5-10(15(23)24)20-14(22)11(26-16(20)25)7-13-18-8-3-1-2-4-9(8)19-13/h1-4,7,10,22H,5-6H2,(H2,17,21)(H,23,24)/t10-/m0/s1. The van der Waals surface area contributed by atoms with Crippen LogP contribution in [0.15, 0.2) is 40.1 Å². The molecule has 0 aliphatic carbocycles. The van der Waals surface area contributed by atoms with E-state index in [0.29, 0.717) is 21.4 Å². The van der Waals surface area contributed by atoms with Crippen molar-refractivity contribution in [3.63, 3.8) is 0 Å². The van der Waals surface area contributed by atoms with Crippen molar-refractivity contribution >= 4 is 41.5 Å². The highest BCUT2D eigenvalue weighted by atomic mass is 32.1. The first-order valence-electron chi connectivity index (χ1n) is 7.56. The number of aliphatic carboxylic acids is 1. The van der Waals surface area contributed by atoms with Crippen molar-refractivity contribution in [1.29, 1.82) is 0 Å². The first kappa shape index (κ1) is 18.0. The molecule has 3 rings (SSSR count). The van der Waals surface area contributed by atoms with Gasteiger partial charge in [-0.25, -0.2) is 14.8 Å². The lowest BCUT2D eigenvalue weighted by Gasteiger charge is -2.14. The molecule has 134 valence electrons. The van der Waals surface area contributed by atoms with E-state index < -0.39 is 17.9 Å². The number of hydrogen-bond donors (Lipinski definition) is 3. The highest BCUT2D eigenvalue weighted by molar-refractivity contribution is 7.73. The third kappa shape index (κ3) is 3.55. The Balaban J connectivity index is 1.99. The summed E-state index contributed by atoms with van der Waals surface area (Å²) in [6.45, 7) is 0. The quantitative estimate of drug-likeness (QED) is 0.637. The summed E-state index contributed by atoms with van der Waals surface area (Å²) in [6, 6.07) is 6.13. The predicted octanol–water partition coefficient (Wildman–Crippen LogP) is 1.13. The number of rotatable bonds is 6. The number of amides is 1. The van der Waals surface area contributed by atoms with E-state index in [-0.39, 0.29) is 22.7 Å². The van der Waals surface area contributed by atoms with Gasteiger partial charge in [0, 0.05) is 12.5 Å². The molecule has 1 aromatic carbocycles.